The Kier molecular flexibility index (Phi) is 16.5. The summed E-state index contributed by atoms with van der Waals surface area (Å²) < 4.78 is 4.94. The van der Waals surface area contributed by atoms with Crippen molar-refractivity contribution in [3.63, 3.8) is 0 Å². The van der Waals surface area contributed by atoms with E-state index in [0.29, 0.717) is 24.9 Å². The number of halogens is 2. The molecule has 0 bridgehead atoms. The molecule has 0 aliphatic carbocycles. The Morgan fingerprint density at radius 3 is 2.56 bits per heavy atom. The molecule has 154 valence electrons. The van der Waals surface area contributed by atoms with Gasteiger partial charge in [0.15, 0.2) is 0 Å². The predicted octanol–water partition coefficient (Wildman–Crippen LogP) is 1.28. The molecule has 1 rings (SSSR count). The highest BCUT2D eigenvalue weighted by atomic mass is 35.5. The molecule has 1 heterocycles. The van der Waals surface area contributed by atoms with Gasteiger partial charge in [0.05, 0.1) is 25.6 Å². The van der Waals surface area contributed by atoms with Crippen molar-refractivity contribution in [2.24, 2.45) is 5.73 Å². The summed E-state index contributed by atoms with van der Waals surface area (Å²) in [4.78, 5) is 39.5. The number of nitrogens with two attached hydrogens (primary N) is 1. The first-order chi connectivity index (χ1) is 12.1. The zero-order valence-corrected chi connectivity index (χ0v) is 16.9. The van der Waals surface area contributed by atoms with Gasteiger partial charge in [0, 0.05) is 18.8 Å². The van der Waals surface area contributed by atoms with Crippen LogP contribution >= 0.6 is 24.8 Å². The summed E-state index contributed by atoms with van der Waals surface area (Å²) in [5.74, 6) is -1.00. The number of unbranched alkanes of at least 4 members (excludes halogenated alkanes) is 1. The summed E-state index contributed by atoms with van der Waals surface area (Å²) in [7, 11) is 0. The molecule has 0 radical (unpaired) electrons. The number of carbonyl (C=O) groups is 3. The lowest BCUT2D eigenvalue weighted by molar-refractivity contribution is -0.144. The third-order valence-corrected chi connectivity index (χ3v) is 3.40. The van der Waals surface area contributed by atoms with Crippen LogP contribution in [0.3, 0.4) is 0 Å². The fraction of sp³-hybridized carbons (Fsp3) is 0.529. The van der Waals surface area contributed by atoms with Crippen molar-refractivity contribution in [3.05, 3.63) is 30.1 Å². The normalized spacial score (nSPS) is 10.6. The average molecular weight is 423 g/mol. The number of nitrogens with one attached hydrogen (secondary N) is 2. The van der Waals surface area contributed by atoms with Gasteiger partial charge in [0.1, 0.15) is 0 Å². The zero-order chi connectivity index (χ0) is 18.5. The highest BCUT2D eigenvalue weighted by molar-refractivity contribution is 5.86. The molecular weight excluding hydrogens is 395 g/mol. The molecule has 0 aromatic carbocycles. The van der Waals surface area contributed by atoms with Gasteiger partial charge >= 0.3 is 5.97 Å². The minimum absolute atomic E-state index is 0. The molecule has 2 amide bonds. The first-order valence-corrected chi connectivity index (χ1v) is 8.38. The van der Waals surface area contributed by atoms with Crippen LogP contribution in [0, 0.1) is 0 Å². The van der Waals surface area contributed by atoms with Crippen LogP contribution in [0.25, 0.3) is 0 Å². The summed E-state index contributed by atoms with van der Waals surface area (Å²) in [6, 6.07) is 2.93. The number of pyridine rings is 1. The number of amides is 2. The van der Waals surface area contributed by atoms with Gasteiger partial charge in [-0.1, -0.05) is 6.07 Å². The Balaban J connectivity index is 0. The van der Waals surface area contributed by atoms with Crippen LogP contribution in [0.15, 0.2) is 24.5 Å². The van der Waals surface area contributed by atoms with E-state index in [4.69, 9.17) is 10.5 Å². The van der Waals surface area contributed by atoms with Crippen molar-refractivity contribution < 1.29 is 19.1 Å². The van der Waals surface area contributed by atoms with E-state index in [2.05, 4.69) is 15.6 Å². The lowest BCUT2D eigenvalue weighted by Gasteiger charge is -2.18. The van der Waals surface area contributed by atoms with Crippen LogP contribution in [0.5, 0.6) is 0 Å². The van der Waals surface area contributed by atoms with E-state index in [-0.39, 0.29) is 56.2 Å². The minimum atomic E-state index is -0.561. The third-order valence-electron chi connectivity index (χ3n) is 3.40. The molecule has 0 aliphatic heterocycles. The Bertz CT molecular complexity index is 561. The fourth-order valence-corrected chi connectivity index (χ4v) is 2.16. The van der Waals surface area contributed by atoms with E-state index < -0.39 is 12.0 Å². The molecule has 0 saturated carbocycles. The second kappa shape index (κ2) is 16.3. The highest BCUT2D eigenvalue weighted by Crippen LogP contribution is 2.16. The van der Waals surface area contributed by atoms with Crippen LogP contribution in [0.1, 0.15) is 44.2 Å². The molecule has 1 atom stereocenters. The lowest BCUT2D eigenvalue weighted by atomic mass is 10.1. The summed E-state index contributed by atoms with van der Waals surface area (Å²) in [5, 5.41) is 5.28. The fourth-order valence-electron chi connectivity index (χ4n) is 2.16. The standard InChI is InChI=1S/C17H26N4O4.2ClH/c1-2-25-17(24)10-14(13-6-5-9-19-11-13)21-16(23)12-20-15(22)7-3-4-8-18;;/h5-6,9,11,14H,2-4,7-8,10,12,18H2,1H3,(H,20,22)(H,21,23);2*1H. The highest BCUT2D eigenvalue weighted by Gasteiger charge is 2.19. The van der Waals surface area contributed by atoms with Crippen molar-refractivity contribution in [2.45, 2.75) is 38.6 Å². The van der Waals surface area contributed by atoms with Gasteiger partial charge in [0.25, 0.3) is 0 Å². The van der Waals surface area contributed by atoms with Gasteiger partial charge in [0.2, 0.25) is 11.8 Å². The molecule has 0 fully saturated rings. The topological polar surface area (TPSA) is 123 Å². The van der Waals surface area contributed by atoms with Gasteiger partial charge in [-0.2, -0.15) is 0 Å². The SMILES string of the molecule is CCOC(=O)CC(NC(=O)CNC(=O)CCCCN)c1cccnc1.Cl.Cl. The molecule has 4 N–H and O–H groups in total. The van der Waals surface area contributed by atoms with Crippen molar-refractivity contribution in [3.8, 4) is 0 Å². The van der Waals surface area contributed by atoms with Crippen LogP contribution in [-0.2, 0) is 19.1 Å². The van der Waals surface area contributed by atoms with Crippen molar-refractivity contribution >= 4 is 42.6 Å². The predicted molar refractivity (Wildman–Crippen MR) is 107 cm³/mol. The van der Waals surface area contributed by atoms with E-state index >= 15 is 0 Å². The number of aromatic nitrogens is 1. The second-order valence-corrected chi connectivity index (χ2v) is 5.44. The van der Waals surface area contributed by atoms with E-state index in [9.17, 15) is 14.4 Å². The van der Waals surface area contributed by atoms with E-state index in [1.165, 1.54) is 0 Å². The van der Waals surface area contributed by atoms with Gasteiger partial charge < -0.3 is 21.1 Å². The average Bonchev–Trinajstić information content (AvgIpc) is 2.60. The second-order valence-electron chi connectivity index (χ2n) is 5.44. The van der Waals surface area contributed by atoms with E-state index in [1.54, 1.807) is 31.5 Å². The number of carbonyl (C=O) groups excluding carboxylic acids is 3. The molecule has 0 spiro atoms. The smallest absolute Gasteiger partial charge is 0.308 e. The summed E-state index contributed by atoms with van der Waals surface area (Å²) >= 11 is 0. The first-order valence-electron chi connectivity index (χ1n) is 8.38. The number of rotatable bonds is 11. The Morgan fingerprint density at radius 2 is 1.96 bits per heavy atom. The summed E-state index contributed by atoms with van der Waals surface area (Å²) in [5.41, 5.74) is 6.06. The number of hydrogen-bond donors (Lipinski definition) is 3. The van der Waals surface area contributed by atoms with E-state index in [1.807, 2.05) is 0 Å². The molecule has 27 heavy (non-hydrogen) atoms. The Hall–Kier alpha value is -1.90. The van der Waals surface area contributed by atoms with Gasteiger partial charge in [-0.15, -0.1) is 24.8 Å². The summed E-state index contributed by atoms with van der Waals surface area (Å²) in [6.07, 6.45) is 4.96. The maximum Gasteiger partial charge on any atom is 0.308 e. The first kappa shape index (κ1) is 27.3. The van der Waals surface area contributed by atoms with Crippen LogP contribution in [-0.4, -0.2) is 42.5 Å². The van der Waals surface area contributed by atoms with E-state index in [0.717, 1.165) is 6.42 Å². The van der Waals surface area contributed by atoms with Crippen molar-refractivity contribution in [1.29, 1.82) is 0 Å². The summed E-state index contributed by atoms with van der Waals surface area (Å²) in [6.45, 7) is 2.37. The van der Waals surface area contributed by atoms with Crippen molar-refractivity contribution in [2.75, 3.05) is 19.7 Å². The monoisotopic (exact) mass is 422 g/mol. The number of ether oxygens (including phenoxy) is 1. The molecule has 1 unspecified atom stereocenters. The van der Waals surface area contributed by atoms with Crippen LogP contribution < -0.4 is 16.4 Å². The molecule has 10 heteroatoms. The Labute approximate surface area is 171 Å². The zero-order valence-electron chi connectivity index (χ0n) is 15.3. The molecule has 0 aliphatic rings. The lowest BCUT2D eigenvalue weighted by Crippen LogP contribution is -2.39. The quantitative estimate of drug-likeness (QED) is 0.364. The van der Waals surface area contributed by atoms with Crippen LogP contribution in [0.4, 0.5) is 0 Å². The van der Waals surface area contributed by atoms with Crippen LogP contribution in [0.2, 0.25) is 0 Å². The third kappa shape index (κ3) is 12.2. The largest absolute Gasteiger partial charge is 0.466 e. The molecule has 0 saturated heterocycles. The number of nitrogens with zero attached hydrogens (tertiary/aromatic N) is 1. The van der Waals surface area contributed by atoms with Gasteiger partial charge in [-0.05, 0) is 37.9 Å². The molecular formula is C17H28Cl2N4O4. The molecule has 8 nitrogen and oxygen atoms in total. The maximum absolute atomic E-state index is 12.1. The van der Waals surface area contributed by atoms with Gasteiger partial charge in [-0.3, -0.25) is 19.4 Å². The number of esters is 1. The van der Waals surface area contributed by atoms with Gasteiger partial charge in [-0.25, -0.2) is 0 Å². The minimum Gasteiger partial charge on any atom is -0.466 e. The molecule has 1 aromatic rings. The molecule has 1 aromatic heterocycles. The Morgan fingerprint density at radius 1 is 1.22 bits per heavy atom. The maximum atomic E-state index is 12.1. The number of hydrogen-bond acceptors (Lipinski definition) is 6. The van der Waals surface area contributed by atoms with Crippen molar-refractivity contribution in [1.82, 2.24) is 15.6 Å².